The van der Waals surface area contributed by atoms with Crippen LogP contribution in [0.5, 0.6) is 11.5 Å². The average molecular weight is 1020 g/mol. The highest BCUT2D eigenvalue weighted by Crippen LogP contribution is 2.32. The maximum atomic E-state index is 13.6. The number of fused-ring (bicyclic) bond motifs is 2. The zero-order valence-electron chi connectivity index (χ0n) is 44.0. The third-order valence-electron chi connectivity index (χ3n) is 12.9. The summed E-state index contributed by atoms with van der Waals surface area (Å²) >= 11 is 0. The van der Waals surface area contributed by atoms with Crippen molar-refractivity contribution >= 4 is 35.8 Å². The Morgan fingerprint density at radius 1 is 0.726 bits per heavy atom. The van der Waals surface area contributed by atoms with Gasteiger partial charge in [0.25, 0.3) is 5.91 Å². The fourth-order valence-electron chi connectivity index (χ4n) is 9.14. The Kier molecular flexibility index (Phi) is 19.5. The molecule has 0 spiro atoms. The smallest absolute Gasteiger partial charge is 0.410 e. The molecule has 0 saturated carbocycles. The number of carbonyl (C=O) groups excluding carboxylic acids is 4. The van der Waals surface area contributed by atoms with Crippen molar-refractivity contribution in [3.8, 4) is 11.5 Å². The highest BCUT2D eigenvalue weighted by molar-refractivity contribution is 5.93. The molecule has 2 aromatic carbocycles. The first-order valence-electron chi connectivity index (χ1n) is 25.1. The minimum absolute atomic E-state index is 0.0706. The lowest BCUT2D eigenvalue weighted by molar-refractivity contribution is -0.129. The number of aliphatic hydroxyl groups excluding tert-OH is 2. The van der Waals surface area contributed by atoms with Gasteiger partial charge in [-0.05, 0) is 127 Å². The first-order valence-corrected chi connectivity index (χ1v) is 25.1. The number of nitrogens with one attached hydrogen (secondary N) is 2. The molecule has 7 rings (SSSR count). The number of hydrogen-bond donors (Lipinski definition) is 5. The van der Waals surface area contributed by atoms with E-state index < -0.39 is 53.6 Å². The molecule has 21 heteroatoms. The van der Waals surface area contributed by atoms with Crippen molar-refractivity contribution in [3.63, 3.8) is 0 Å². The van der Waals surface area contributed by atoms with Crippen LogP contribution in [0.2, 0.25) is 0 Å². The first kappa shape index (κ1) is 56.3. The van der Waals surface area contributed by atoms with Gasteiger partial charge < -0.3 is 64.8 Å². The number of rotatable bonds is 15. The molecule has 6 N–H and O–H groups in total. The van der Waals surface area contributed by atoms with Crippen LogP contribution in [0.25, 0.3) is 0 Å². The maximum absolute atomic E-state index is 13.6. The van der Waals surface area contributed by atoms with Crippen molar-refractivity contribution in [2.24, 2.45) is 5.73 Å². The molecule has 21 nitrogen and oxygen atoms in total. The second-order valence-electron chi connectivity index (χ2n) is 20.9. The number of methoxy groups -OCH3 is 2. The predicted molar refractivity (Wildman–Crippen MR) is 272 cm³/mol. The fourth-order valence-corrected chi connectivity index (χ4v) is 9.14. The highest BCUT2D eigenvalue weighted by Gasteiger charge is 2.39. The van der Waals surface area contributed by atoms with E-state index in [-0.39, 0.29) is 50.9 Å². The average Bonchev–Trinajstić information content (AvgIpc) is 3.90. The topological polar surface area (TPSA) is 253 Å². The van der Waals surface area contributed by atoms with Gasteiger partial charge in [-0.1, -0.05) is 12.1 Å². The van der Waals surface area contributed by atoms with Gasteiger partial charge in [-0.25, -0.2) is 14.6 Å². The molecule has 5 heterocycles. The van der Waals surface area contributed by atoms with Gasteiger partial charge in [0, 0.05) is 85.6 Å². The van der Waals surface area contributed by atoms with Crippen molar-refractivity contribution < 1.29 is 57.8 Å². The minimum atomic E-state index is -1.09. The van der Waals surface area contributed by atoms with Crippen LogP contribution in [0.3, 0.4) is 0 Å². The Hall–Kier alpha value is -6.00. The molecular weight excluding hydrogens is 943 g/mol. The summed E-state index contributed by atoms with van der Waals surface area (Å²) in [6.07, 6.45) is 1.55. The summed E-state index contributed by atoms with van der Waals surface area (Å²) in [6, 6.07) is 12.0. The van der Waals surface area contributed by atoms with Gasteiger partial charge in [-0.2, -0.15) is 4.98 Å². The standard InChI is InChI=1S/C34H49N7O7.C18H28N2O5/c1-22(42)39-14-10-25(11-15-39)36-30-18-27(37-32(38-30)40-12-6-7-13-40)31(44)35-19-29(43)28-17-23-8-9-26(47-21-46-5)16-24(23)20-41(28)33(45)48-34(2,3)4;1-18(2,3)25-17(22)20-10-13-7-14(24-11-23-4)6-5-12(13)8-15(20)16(21)9-19/h8-9,16,18,25,28-29,43H,6-7,10-15,17,19-21H2,1-5H3,(H,35,44)(H,36,37,38);5-7,15-16,21H,8-11,19H2,1-4H3/t28-,29+;15-,16+/m00/s1. The van der Waals surface area contributed by atoms with E-state index in [2.05, 4.69) is 20.5 Å². The van der Waals surface area contributed by atoms with Crippen molar-refractivity contribution in [2.75, 3.05) is 77.3 Å². The molecule has 0 aliphatic carbocycles. The first-order chi connectivity index (χ1) is 34.6. The third kappa shape index (κ3) is 16.0. The number of piperidine rings is 1. The fraction of sp³-hybridized carbons (Fsp3) is 0.615. The van der Waals surface area contributed by atoms with E-state index in [1.165, 1.54) is 4.90 Å². The monoisotopic (exact) mass is 1020 g/mol. The van der Waals surface area contributed by atoms with Crippen LogP contribution in [0.1, 0.15) is 107 Å². The Balaban J connectivity index is 0.000000292. The minimum Gasteiger partial charge on any atom is -0.468 e. The summed E-state index contributed by atoms with van der Waals surface area (Å²) in [6.45, 7) is 16.1. The largest absolute Gasteiger partial charge is 0.468 e. The number of nitrogens with zero attached hydrogens (tertiary/aromatic N) is 6. The lowest BCUT2D eigenvalue weighted by Gasteiger charge is -2.40. The van der Waals surface area contributed by atoms with E-state index >= 15 is 0 Å². The molecule has 2 fully saturated rings. The van der Waals surface area contributed by atoms with Crippen LogP contribution >= 0.6 is 0 Å². The Morgan fingerprint density at radius 2 is 1.23 bits per heavy atom. The zero-order chi connectivity index (χ0) is 53.0. The highest BCUT2D eigenvalue weighted by atomic mass is 16.7. The number of ether oxygens (including phenoxy) is 6. The number of likely N-dealkylation sites (tertiary alicyclic amines) is 1. The van der Waals surface area contributed by atoms with Crippen LogP contribution in [-0.2, 0) is 49.7 Å². The van der Waals surface area contributed by atoms with Gasteiger partial charge in [0.15, 0.2) is 13.6 Å². The number of anilines is 2. The Labute approximate surface area is 429 Å². The molecule has 73 heavy (non-hydrogen) atoms. The SMILES string of the molecule is COCOc1ccc2c(c1)CN(C(=O)OC(C)(C)C)[C@H]([C@H](O)CN)C2.COCOc1ccc2c(c1)CN(C(=O)OC(C)(C)C)[C@H]([C@H](O)CNC(=O)c1cc(NC3CCN(C(C)=O)CC3)nc(N3CCCC3)n1)C2. The summed E-state index contributed by atoms with van der Waals surface area (Å²) in [5.41, 5.74) is 8.32. The molecule has 0 bridgehead atoms. The molecule has 4 atom stereocenters. The predicted octanol–water partition coefficient (Wildman–Crippen LogP) is 4.59. The quantitative estimate of drug-likeness (QED) is 0.131. The molecule has 402 valence electrons. The lowest BCUT2D eigenvalue weighted by atomic mass is 9.91. The van der Waals surface area contributed by atoms with Gasteiger partial charge in [0.2, 0.25) is 11.9 Å². The maximum Gasteiger partial charge on any atom is 0.410 e. The number of amides is 4. The molecule has 2 saturated heterocycles. The molecule has 4 aliphatic rings. The van der Waals surface area contributed by atoms with Crippen molar-refractivity contribution in [3.05, 3.63) is 70.4 Å². The summed E-state index contributed by atoms with van der Waals surface area (Å²) in [5.74, 6) is 1.93. The van der Waals surface area contributed by atoms with Crippen LogP contribution in [0.4, 0.5) is 21.4 Å². The normalized spacial score (nSPS) is 18.8. The number of aliphatic hydroxyl groups is 2. The van der Waals surface area contributed by atoms with Crippen LogP contribution in [0.15, 0.2) is 42.5 Å². The number of nitrogens with two attached hydrogens (primary N) is 1. The molecular formula is C52H77N9O12. The number of carbonyl (C=O) groups is 4. The number of hydrogen-bond acceptors (Lipinski definition) is 17. The Morgan fingerprint density at radius 3 is 1.70 bits per heavy atom. The van der Waals surface area contributed by atoms with Crippen molar-refractivity contribution in [1.82, 2.24) is 30.0 Å². The van der Waals surface area contributed by atoms with Crippen LogP contribution < -0.4 is 30.7 Å². The second kappa shape index (κ2) is 25.3. The molecule has 0 unspecified atom stereocenters. The van der Waals surface area contributed by atoms with Gasteiger partial charge in [0.05, 0.1) is 24.3 Å². The van der Waals surface area contributed by atoms with E-state index in [0.717, 1.165) is 61.0 Å². The summed E-state index contributed by atoms with van der Waals surface area (Å²) in [5, 5.41) is 28.0. The summed E-state index contributed by atoms with van der Waals surface area (Å²) < 4.78 is 32.2. The third-order valence-corrected chi connectivity index (χ3v) is 12.9. The summed E-state index contributed by atoms with van der Waals surface area (Å²) in [7, 11) is 3.10. The van der Waals surface area contributed by atoms with E-state index in [9.17, 15) is 29.4 Å². The number of aromatic nitrogens is 2. The van der Waals surface area contributed by atoms with E-state index in [1.807, 2.05) is 62.1 Å². The van der Waals surface area contributed by atoms with E-state index in [1.54, 1.807) is 52.9 Å². The molecule has 0 radical (unpaired) electrons. The van der Waals surface area contributed by atoms with Gasteiger partial charge in [-0.3, -0.25) is 19.4 Å². The Bertz CT molecular complexity index is 2350. The number of benzene rings is 2. The molecule has 1 aromatic heterocycles. The van der Waals surface area contributed by atoms with Crippen LogP contribution in [0, 0.1) is 0 Å². The summed E-state index contributed by atoms with van der Waals surface area (Å²) in [4.78, 5) is 67.6. The second-order valence-corrected chi connectivity index (χ2v) is 20.9. The van der Waals surface area contributed by atoms with Crippen molar-refractivity contribution in [1.29, 1.82) is 0 Å². The van der Waals surface area contributed by atoms with E-state index in [4.69, 9.17) is 39.1 Å². The van der Waals surface area contributed by atoms with E-state index in [0.29, 0.717) is 55.7 Å². The molecule has 4 amide bonds. The molecule has 4 aliphatic heterocycles. The van der Waals surface area contributed by atoms with Crippen molar-refractivity contribution in [2.45, 2.75) is 142 Å². The molecule has 3 aromatic rings. The van der Waals surface area contributed by atoms with Gasteiger partial charge in [0.1, 0.15) is 34.2 Å². The van der Waals surface area contributed by atoms with Gasteiger partial charge >= 0.3 is 12.2 Å². The zero-order valence-corrected chi connectivity index (χ0v) is 44.0. The van der Waals surface area contributed by atoms with Gasteiger partial charge in [-0.15, -0.1) is 0 Å². The lowest BCUT2D eigenvalue weighted by Crippen LogP contribution is -2.54. The van der Waals surface area contributed by atoms with Crippen LogP contribution in [-0.4, -0.2) is 167 Å².